The summed E-state index contributed by atoms with van der Waals surface area (Å²) in [4.78, 5) is 0. The molecule has 1 atom stereocenters. The molecule has 0 aliphatic carbocycles. The van der Waals surface area contributed by atoms with Gasteiger partial charge in [-0.05, 0) is 31.0 Å². The van der Waals surface area contributed by atoms with E-state index in [-0.39, 0.29) is 5.82 Å². The maximum Gasteiger partial charge on any atom is 0.124 e. The molecule has 0 spiro atoms. The van der Waals surface area contributed by atoms with Crippen LogP contribution in [0.5, 0.6) is 0 Å². The van der Waals surface area contributed by atoms with Crippen LogP contribution in [0.4, 0.5) is 4.39 Å². The number of benzene rings is 1. The van der Waals surface area contributed by atoms with Crippen molar-refractivity contribution in [2.75, 3.05) is 0 Å². The fourth-order valence-corrected chi connectivity index (χ4v) is 1.75. The molecule has 0 heterocycles. The molecule has 0 fully saturated rings. The van der Waals surface area contributed by atoms with Crippen molar-refractivity contribution in [1.29, 1.82) is 0 Å². The van der Waals surface area contributed by atoms with Crippen molar-refractivity contribution >= 4 is 11.6 Å². The number of rotatable bonds is 3. The summed E-state index contributed by atoms with van der Waals surface area (Å²) in [7, 11) is 0. The second-order valence-corrected chi connectivity index (χ2v) is 3.94. The van der Waals surface area contributed by atoms with E-state index in [0.717, 1.165) is 5.56 Å². The molecule has 0 saturated carbocycles. The van der Waals surface area contributed by atoms with Crippen LogP contribution in [0.1, 0.15) is 18.9 Å². The predicted octanol–water partition coefficient (Wildman–Crippen LogP) is 3.23. The topological polar surface area (TPSA) is 26.0 Å². The van der Waals surface area contributed by atoms with E-state index in [4.69, 9.17) is 17.3 Å². The molecule has 0 radical (unpaired) electrons. The van der Waals surface area contributed by atoms with Crippen molar-refractivity contribution in [1.82, 2.24) is 0 Å². The minimum absolute atomic E-state index is 0.354. The Morgan fingerprint density at radius 3 is 2.79 bits per heavy atom. The summed E-state index contributed by atoms with van der Waals surface area (Å²) < 4.78 is 12.8. The molecular weight excluding hydrogens is 201 g/mol. The van der Waals surface area contributed by atoms with Gasteiger partial charge in [-0.3, -0.25) is 0 Å². The highest BCUT2D eigenvalue weighted by atomic mass is 35.5. The van der Waals surface area contributed by atoms with E-state index in [1.807, 2.05) is 6.92 Å². The van der Waals surface area contributed by atoms with Gasteiger partial charge in [0.1, 0.15) is 5.82 Å². The first kappa shape index (κ1) is 11.2. The summed E-state index contributed by atoms with van der Waals surface area (Å²) in [5, 5.41) is 0.358. The first-order chi connectivity index (χ1) is 6.47. The summed E-state index contributed by atoms with van der Waals surface area (Å²) in [5.74, 6) is -0.354. The van der Waals surface area contributed by atoms with Crippen LogP contribution in [0.2, 0.25) is 5.02 Å². The molecule has 0 unspecified atom stereocenters. The van der Waals surface area contributed by atoms with Gasteiger partial charge in [-0.2, -0.15) is 0 Å². The minimum Gasteiger partial charge on any atom is -0.321 e. The van der Waals surface area contributed by atoms with Gasteiger partial charge in [-0.1, -0.05) is 23.7 Å². The monoisotopic (exact) mass is 213 g/mol. The second kappa shape index (κ2) is 4.11. The molecular formula is C11H13ClFN. The first-order valence-electron chi connectivity index (χ1n) is 4.32. The van der Waals surface area contributed by atoms with Gasteiger partial charge >= 0.3 is 0 Å². The zero-order valence-corrected chi connectivity index (χ0v) is 8.81. The summed E-state index contributed by atoms with van der Waals surface area (Å²) in [5.41, 5.74) is 6.17. The third-order valence-electron chi connectivity index (χ3n) is 2.11. The Bertz CT molecular complexity index is 347. The molecule has 1 nitrogen and oxygen atoms in total. The van der Waals surface area contributed by atoms with Gasteiger partial charge in [0.05, 0.1) is 0 Å². The summed E-state index contributed by atoms with van der Waals surface area (Å²) in [6.45, 7) is 5.46. The number of halogens is 2. The molecule has 1 rings (SSSR count). The highest BCUT2D eigenvalue weighted by Crippen LogP contribution is 2.29. The van der Waals surface area contributed by atoms with Crippen LogP contribution in [0.15, 0.2) is 30.9 Å². The molecule has 76 valence electrons. The van der Waals surface area contributed by atoms with Crippen LogP contribution in [0.3, 0.4) is 0 Å². The number of nitrogens with two attached hydrogens (primary N) is 1. The predicted molar refractivity (Wildman–Crippen MR) is 57.8 cm³/mol. The molecule has 0 amide bonds. The lowest BCUT2D eigenvalue weighted by molar-refractivity contribution is 0.501. The van der Waals surface area contributed by atoms with Crippen molar-refractivity contribution in [3.05, 3.63) is 47.3 Å². The summed E-state index contributed by atoms with van der Waals surface area (Å²) in [6, 6.07) is 4.24. The Balaban J connectivity index is 3.12. The van der Waals surface area contributed by atoms with Crippen LogP contribution >= 0.6 is 11.6 Å². The molecule has 0 aliphatic heterocycles. The molecule has 1 aromatic carbocycles. The standard InChI is InChI=1S/C11H13ClFN/c1-3-6-11(2,14)9-5-4-8(13)7-10(9)12/h3-5,7H,1,6,14H2,2H3/t11-/m1/s1. The van der Waals surface area contributed by atoms with Crippen LogP contribution in [-0.2, 0) is 5.54 Å². The third kappa shape index (κ3) is 2.34. The summed E-state index contributed by atoms with van der Waals surface area (Å²) in [6.07, 6.45) is 2.32. The van der Waals surface area contributed by atoms with E-state index in [9.17, 15) is 4.39 Å². The quantitative estimate of drug-likeness (QED) is 0.767. The van der Waals surface area contributed by atoms with Crippen LogP contribution in [0.25, 0.3) is 0 Å². The minimum atomic E-state index is -0.591. The van der Waals surface area contributed by atoms with Crippen LogP contribution < -0.4 is 5.73 Å². The fourth-order valence-electron chi connectivity index (χ4n) is 1.36. The van der Waals surface area contributed by atoms with Crippen molar-refractivity contribution < 1.29 is 4.39 Å². The SMILES string of the molecule is C=CC[C@@](C)(N)c1ccc(F)cc1Cl. The molecule has 0 bridgehead atoms. The van der Waals surface area contributed by atoms with Gasteiger partial charge in [0.15, 0.2) is 0 Å². The molecule has 0 aliphatic rings. The fraction of sp³-hybridized carbons (Fsp3) is 0.273. The Kier molecular flexibility index (Phi) is 3.29. The molecule has 0 aromatic heterocycles. The first-order valence-corrected chi connectivity index (χ1v) is 4.70. The normalized spacial score (nSPS) is 14.9. The van der Waals surface area contributed by atoms with E-state index in [2.05, 4.69) is 6.58 Å². The van der Waals surface area contributed by atoms with E-state index in [1.54, 1.807) is 12.1 Å². The van der Waals surface area contributed by atoms with E-state index >= 15 is 0 Å². The zero-order valence-electron chi connectivity index (χ0n) is 8.06. The van der Waals surface area contributed by atoms with E-state index in [1.165, 1.54) is 12.1 Å². The largest absolute Gasteiger partial charge is 0.321 e. The Morgan fingerprint density at radius 2 is 2.29 bits per heavy atom. The molecule has 14 heavy (non-hydrogen) atoms. The lowest BCUT2D eigenvalue weighted by Crippen LogP contribution is -2.32. The third-order valence-corrected chi connectivity index (χ3v) is 2.43. The Labute approximate surface area is 88.4 Å². The number of hydrogen-bond donors (Lipinski definition) is 1. The van der Waals surface area contributed by atoms with Crippen molar-refractivity contribution in [3.63, 3.8) is 0 Å². The maximum absolute atomic E-state index is 12.8. The molecule has 2 N–H and O–H groups in total. The molecule has 1 aromatic rings. The van der Waals surface area contributed by atoms with Gasteiger partial charge in [-0.25, -0.2) is 4.39 Å². The highest BCUT2D eigenvalue weighted by Gasteiger charge is 2.22. The van der Waals surface area contributed by atoms with Gasteiger partial charge in [0.2, 0.25) is 0 Å². The summed E-state index contributed by atoms with van der Waals surface area (Å²) >= 11 is 5.90. The second-order valence-electron chi connectivity index (χ2n) is 3.53. The average molecular weight is 214 g/mol. The number of hydrogen-bond acceptors (Lipinski definition) is 1. The Hall–Kier alpha value is -0.860. The van der Waals surface area contributed by atoms with Crippen molar-refractivity contribution in [3.8, 4) is 0 Å². The van der Waals surface area contributed by atoms with Crippen LogP contribution in [-0.4, -0.2) is 0 Å². The van der Waals surface area contributed by atoms with E-state index < -0.39 is 5.54 Å². The maximum atomic E-state index is 12.8. The highest BCUT2D eigenvalue weighted by molar-refractivity contribution is 6.31. The van der Waals surface area contributed by atoms with Crippen LogP contribution in [0, 0.1) is 5.82 Å². The average Bonchev–Trinajstić information content (AvgIpc) is 2.02. The lowest BCUT2D eigenvalue weighted by Gasteiger charge is -2.24. The smallest absolute Gasteiger partial charge is 0.124 e. The van der Waals surface area contributed by atoms with Gasteiger partial charge in [-0.15, -0.1) is 6.58 Å². The molecule has 3 heteroatoms. The van der Waals surface area contributed by atoms with Gasteiger partial charge in [0, 0.05) is 10.6 Å². The van der Waals surface area contributed by atoms with Crippen molar-refractivity contribution in [2.45, 2.75) is 18.9 Å². The van der Waals surface area contributed by atoms with E-state index in [0.29, 0.717) is 11.4 Å². The molecule has 0 saturated heterocycles. The lowest BCUT2D eigenvalue weighted by atomic mass is 9.90. The Morgan fingerprint density at radius 1 is 1.64 bits per heavy atom. The zero-order chi connectivity index (χ0) is 10.8. The van der Waals surface area contributed by atoms with Crippen molar-refractivity contribution in [2.24, 2.45) is 5.73 Å². The van der Waals surface area contributed by atoms with Gasteiger partial charge in [0.25, 0.3) is 0 Å². The van der Waals surface area contributed by atoms with Gasteiger partial charge < -0.3 is 5.73 Å².